The normalized spacial score (nSPS) is 23.3. The second-order valence-corrected chi connectivity index (χ2v) is 13.0. The number of thiophene rings is 1. The molecule has 0 bridgehead atoms. The first-order valence-corrected chi connectivity index (χ1v) is 15.3. The number of fused-ring (bicyclic) bond motifs is 1. The molecule has 1 aromatic carbocycles. The number of halogens is 1. The number of aryl methyl sites for hydroxylation is 1. The number of benzene rings is 1. The summed E-state index contributed by atoms with van der Waals surface area (Å²) in [5.41, 5.74) is 3.90. The smallest absolute Gasteiger partial charge is 0.333 e. The van der Waals surface area contributed by atoms with Gasteiger partial charge in [-0.25, -0.2) is 15.1 Å². The predicted molar refractivity (Wildman–Crippen MR) is 147 cm³/mol. The van der Waals surface area contributed by atoms with E-state index in [4.69, 9.17) is 5.14 Å². The maximum Gasteiger partial charge on any atom is 0.333 e. The van der Waals surface area contributed by atoms with Crippen molar-refractivity contribution in [2.45, 2.75) is 44.4 Å². The largest absolute Gasteiger partial charge is 0.393 e. The zero-order chi connectivity index (χ0) is 27.0. The SMILES string of the molecule is Cc1sc(C(=O)c2cncnc2N[C@@H]2C[C@H](COS(N)(=O)=O)[C@@H](O)C2)cc1C1NCCc2ccc(Br)cc21. The van der Waals surface area contributed by atoms with Crippen LogP contribution in [0.1, 0.15) is 55.7 Å². The van der Waals surface area contributed by atoms with Crippen molar-refractivity contribution in [3.63, 3.8) is 0 Å². The fourth-order valence-corrected chi connectivity index (χ4v) is 6.97. The van der Waals surface area contributed by atoms with E-state index in [1.165, 1.54) is 35.0 Å². The molecular formula is C25H28BrN5O5S2. The highest BCUT2D eigenvalue weighted by atomic mass is 79.9. The van der Waals surface area contributed by atoms with Crippen LogP contribution in [0.2, 0.25) is 0 Å². The van der Waals surface area contributed by atoms with Crippen LogP contribution in [0.15, 0.2) is 41.3 Å². The molecule has 1 saturated carbocycles. The molecule has 5 rings (SSSR count). The monoisotopic (exact) mass is 621 g/mol. The zero-order valence-corrected chi connectivity index (χ0v) is 23.8. The lowest BCUT2D eigenvalue weighted by atomic mass is 9.90. The standard InChI is InChI=1S/C25H28BrN5O5S2/c1-13-18(23-19-7-16(26)3-2-14(19)4-5-29-23)9-22(37-13)24(33)20-10-28-12-30-25(20)31-17-6-15(21(32)8-17)11-36-38(27,34)35/h2-3,7,9-10,12,15,17,21,23,29,32H,4-6,8,11H2,1H3,(H2,27,34,35)(H,28,30,31)/t15-,17-,21+,23?/m1/s1. The summed E-state index contributed by atoms with van der Waals surface area (Å²) < 4.78 is 27.9. The van der Waals surface area contributed by atoms with Gasteiger partial charge in [0.05, 0.1) is 29.2 Å². The topological polar surface area (TPSA) is 157 Å². The number of carbonyl (C=O) groups excluding carboxylic acids is 1. The second kappa shape index (κ2) is 11.1. The Kier molecular flexibility index (Phi) is 7.96. The van der Waals surface area contributed by atoms with Gasteiger partial charge in [0.1, 0.15) is 12.1 Å². The third-order valence-electron chi connectivity index (χ3n) is 7.05. The number of hydrogen-bond donors (Lipinski definition) is 4. The molecule has 3 aromatic rings. The zero-order valence-electron chi connectivity index (χ0n) is 20.6. The van der Waals surface area contributed by atoms with Crippen molar-refractivity contribution in [3.05, 3.63) is 73.3 Å². The minimum atomic E-state index is -4.09. The van der Waals surface area contributed by atoms with Crippen molar-refractivity contribution < 1.29 is 22.5 Å². The van der Waals surface area contributed by atoms with E-state index in [0.717, 1.165) is 27.9 Å². The van der Waals surface area contributed by atoms with Crippen LogP contribution in [0.5, 0.6) is 0 Å². The quantitative estimate of drug-likeness (QED) is 0.278. The Morgan fingerprint density at radius 2 is 2.13 bits per heavy atom. The minimum absolute atomic E-state index is 0.00451. The number of nitrogens with one attached hydrogen (secondary N) is 2. The third kappa shape index (κ3) is 5.98. The van der Waals surface area contributed by atoms with Gasteiger partial charge in [-0.05, 0) is 61.1 Å². The molecule has 0 radical (unpaired) electrons. The average molecular weight is 623 g/mol. The molecule has 1 fully saturated rings. The Hall–Kier alpha value is -2.26. The van der Waals surface area contributed by atoms with E-state index in [1.54, 1.807) is 0 Å². The van der Waals surface area contributed by atoms with E-state index in [2.05, 4.69) is 58.9 Å². The van der Waals surface area contributed by atoms with Crippen LogP contribution in [0.3, 0.4) is 0 Å². The Labute approximate surface area is 233 Å². The number of aromatic nitrogens is 2. The highest BCUT2D eigenvalue weighted by Gasteiger charge is 2.35. The molecule has 5 N–H and O–H groups in total. The van der Waals surface area contributed by atoms with Gasteiger partial charge in [0.15, 0.2) is 0 Å². The fourth-order valence-electron chi connectivity index (χ4n) is 5.21. The Morgan fingerprint density at radius 1 is 1.32 bits per heavy atom. The summed E-state index contributed by atoms with van der Waals surface area (Å²) >= 11 is 5.02. The molecule has 0 spiro atoms. The molecule has 1 unspecified atom stereocenters. The van der Waals surface area contributed by atoms with Gasteiger partial charge in [-0.15, -0.1) is 11.3 Å². The van der Waals surface area contributed by atoms with E-state index < -0.39 is 22.3 Å². The van der Waals surface area contributed by atoms with Gasteiger partial charge in [0, 0.05) is 34.1 Å². The van der Waals surface area contributed by atoms with Crippen LogP contribution in [-0.4, -0.2) is 54.6 Å². The van der Waals surface area contributed by atoms with Gasteiger partial charge >= 0.3 is 10.3 Å². The molecule has 1 aliphatic heterocycles. The molecule has 0 amide bonds. The van der Waals surface area contributed by atoms with E-state index in [9.17, 15) is 18.3 Å². The average Bonchev–Trinajstić information content (AvgIpc) is 3.43. The van der Waals surface area contributed by atoms with Crippen molar-refractivity contribution in [1.82, 2.24) is 15.3 Å². The van der Waals surface area contributed by atoms with Gasteiger partial charge in [0.25, 0.3) is 0 Å². The number of ketones is 1. The fraction of sp³-hybridized carbons (Fsp3) is 0.400. The van der Waals surface area contributed by atoms with Gasteiger partial charge in [-0.3, -0.25) is 8.98 Å². The lowest BCUT2D eigenvalue weighted by molar-refractivity contribution is 0.101. The summed E-state index contributed by atoms with van der Waals surface area (Å²) in [6, 6.07) is 8.05. The molecule has 10 nitrogen and oxygen atoms in total. The minimum Gasteiger partial charge on any atom is -0.393 e. The highest BCUT2D eigenvalue weighted by Crippen LogP contribution is 2.37. The molecule has 202 valence electrons. The van der Waals surface area contributed by atoms with Crippen molar-refractivity contribution in [3.8, 4) is 0 Å². The number of hydrogen-bond acceptors (Lipinski definition) is 10. The number of nitrogens with zero attached hydrogens (tertiary/aromatic N) is 2. The summed E-state index contributed by atoms with van der Waals surface area (Å²) in [4.78, 5) is 23.7. The molecule has 13 heteroatoms. The summed E-state index contributed by atoms with van der Waals surface area (Å²) in [7, 11) is -4.09. The van der Waals surface area contributed by atoms with E-state index >= 15 is 0 Å². The Morgan fingerprint density at radius 3 is 2.92 bits per heavy atom. The first kappa shape index (κ1) is 27.3. The second-order valence-electron chi connectivity index (χ2n) is 9.63. The van der Waals surface area contributed by atoms with Gasteiger partial charge in [-0.2, -0.15) is 8.42 Å². The molecule has 4 atom stereocenters. The van der Waals surface area contributed by atoms with E-state index in [1.807, 2.05) is 13.0 Å². The van der Waals surface area contributed by atoms with E-state index in [-0.39, 0.29) is 24.5 Å². The first-order chi connectivity index (χ1) is 18.1. The van der Waals surface area contributed by atoms with Gasteiger partial charge in [0.2, 0.25) is 5.78 Å². The Balaban J connectivity index is 1.35. The molecule has 2 aliphatic rings. The van der Waals surface area contributed by atoms with Crippen LogP contribution in [0.4, 0.5) is 5.82 Å². The number of anilines is 1. The van der Waals surface area contributed by atoms with Crippen LogP contribution in [0.25, 0.3) is 0 Å². The summed E-state index contributed by atoms with van der Waals surface area (Å²) in [6.07, 6.45) is 3.81. The molecule has 38 heavy (non-hydrogen) atoms. The predicted octanol–water partition coefficient (Wildman–Crippen LogP) is 2.85. The van der Waals surface area contributed by atoms with Crippen LogP contribution >= 0.6 is 27.3 Å². The summed E-state index contributed by atoms with van der Waals surface area (Å²) in [5.74, 6) is -0.238. The lowest BCUT2D eigenvalue weighted by Crippen LogP contribution is -2.30. The number of carbonyl (C=O) groups is 1. The highest BCUT2D eigenvalue weighted by molar-refractivity contribution is 9.10. The van der Waals surface area contributed by atoms with Gasteiger partial charge in [-0.1, -0.05) is 22.0 Å². The van der Waals surface area contributed by atoms with Crippen molar-refractivity contribution in [2.24, 2.45) is 11.1 Å². The molecule has 2 aromatic heterocycles. The summed E-state index contributed by atoms with van der Waals surface area (Å²) in [6.45, 7) is 2.67. The van der Waals surface area contributed by atoms with Crippen molar-refractivity contribution in [2.75, 3.05) is 18.5 Å². The maximum atomic E-state index is 13.6. The molecule has 3 heterocycles. The molecule has 0 saturated heterocycles. The summed E-state index contributed by atoms with van der Waals surface area (Å²) in [5, 5.41) is 22.1. The number of aliphatic hydroxyl groups excluding tert-OH is 1. The van der Waals surface area contributed by atoms with Crippen LogP contribution < -0.4 is 15.8 Å². The lowest BCUT2D eigenvalue weighted by Gasteiger charge is -2.27. The number of aliphatic hydroxyl groups is 1. The van der Waals surface area contributed by atoms with Crippen LogP contribution in [-0.2, 0) is 20.9 Å². The first-order valence-electron chi connectivity index (χ1n) is 12.2. The Bertz CT molecular complexity index is 1460. The molecular weight excluding hydrogens is 594 g/mol. The van der Waals surface area contributed by atoms with Crippen molar-refractivity contribution in [1.29, 1.82) is 0 Å². The number of nitrogens with two attached hydrogens (primary N) is 1. The van der Waals surface area contributed by atoms with Gasteiger partial charge < -0.3 is 15.7 Å². The third-order valence-corrected chi connectivity index (χ3v) is 9.08. The molecule has 1 aliphatic carbocycles. The van der Waals surface area contributed by atoms with Crippen molar-refractivity contribution >= 4 is 49.2 Å². The maximum absolute atomic E-state index is 13.6. The van der Waals surface area contributed by atoms with Crippen LogP contribution in [0, 0.1) is 12.8 Å². The number of rotatable bonds is 8. The van der Waals surface area contributed by atoms with E-state index in [0.29, 0.717) is 29.1 Å².